The number of nitrogens with two attached hydrogens (primary N) is 1. The number of carbonyl (C=O) groups excluding carboxylic acids is 1. The number of nitrogens with zero attached hydrogens (tertiary/aromatic N) is 1. The van der Waals surface area contributed by atoms with Crippen molar-refractivity contribution in [2.45, 2.75) is 6.92 Å². The highest BCUT2D eigenvalue weighted by Crippen LogP contribution is 2.23. The van der Waals surface area contributed by atoms with E-state index in [0.29, 0.717) is 28.3 Å². The van der Waals surface area contributed by atoms with Crippen LogP contribution in [0.25, 0.3) is 11.0 Å². The Morgan fingerprint density at radius 1 is 1.42 bits per heavy atom. The van der Waals surface area contributed by atoms with Gasteiger partial charge in [-0.1, -0.05) is 18.2 Å². The topological polar surface area (TPSA) is 96.9 Å². The van der Waals surface area contributed by atoms with Crippen molar-refractivity contribution in [1.29, 1.82) is 0 Å². The standard InChI is InChI=1S/C13H12N4O2/c1-7-11(14)12(17-16-7)15-13(18)9-6-19-10-5-3-2-4-8(9)10/h2-6H,14H2,1H3,(H2,15,16,17,18). The Morgan fingerprint density at radius 3 is 2.95 bits per heavy atom. The fourth-order valence-corrected chi connectivity index (χ4v) is 1.86. The molecule has 3 aromatic rings. The molecule has 0 spiro atoms. The van der Waals surface area contributed by atoms with Gasteiger partial charge in [0.05, 0.1) is 16.9 Å². The molecule has 1 aromatic carbocycles. The molecule has 0 aliphatic carbocycles. The van der Waals surface area contributed by atoms with Crippen LogP contribution in [0.15, 0.2) is 34.9 Å². The van der Waals surface area contributed by atoms with E-state index in [1.54, 1.807) is 13.0 Å². The fourth-order valence-electron chi connectivity index (χ4n) is 1.86. The maximum absolute atomic E-state index is 12.2. The number of aromatic nitrogens is 2. The molecule has 3 rings (SSSR count). The number of fused-ring (bicyclic) bond motifs is 1. The minimum Gasteiger partial charge on any atom is -0.463 e. The number of amides is 1. The molecule has 96 valence electrons. The maximum Gasteiger partial charge on any atom is 0.260 e. The highest BCUT2D eigenvalue weighted by atomic mass is 16.3. The molecule has 0 saturated carbocycles. The summed E-state index contributed by atoms with van der Waals surface area (Å²) in [4.78, 5) is 12.2. The number of nitrogen functional groups attached to an aromatic ring is 1. The van der Waals surface area contributed by atoms with Gasteiger partial charge in [0.2, 0.25) is 0 Å². The van der Waals surface area contributed by atoms with Crippen LogP contribution in [0.4, 0.5) is 11.5 Å². The number of benzene rings is 1. The molecule has 6 heteroatoms. The molecule has 1 amide bonds. The highest BCUT2D eigenvalue weighted by molar-refractivity contribution is 6.12. The number of H-pyrrole nitrogens is 1. The van der Waals surface area contributed by atoms with Crippen LogP contribution in [-0.4, -0.2) is 16.1 Å². The summed E-state index contributed by atoms with van der Waals surface area (Å²) in [7, 11) is 0. The number of anilines is 2. The zero-order valence-corrected chi connectivity index (χ0v) is 10.2. The summed E-state index contributed by atoms with van der Waals surface area (Å²) in [5.41, 5.74) is 8.05. The second kappa shape index (κ2) is 4.16. The van der Waals surface area contributed by atoms with Gasteiger partial charge in [-0.25, -0.2) is 0 Å². The Labute approximate surface area is 108 Å². The van der Waals surface area contributed by atoms with Crippen molar-refractivity contribution < 1.29 is 9.21 Å². The molecule has 0 bridgehead atoms. The predicted octanol–water partition coefficient (Wildman–Crippen LogP) is 2.30. The molecule has 0 aliphatic rings. The summed E-state index contributed by atoms with van der Waals surface area (Å²) >= 11 is 0. The quantitative estimate of drug-likeness (QED) is 0.655. The third kappa shape index (κ3) is 1.83. The second-order valence-corrected chi connectivity index (χ2v) is 4.21. The number of hydrogen-bond donors (Lipinski definition) is 3. The van der Waals surface area contributed by atoms with Gasteiger partial charge in [-0.15, -0.1) is 0 Å². The zero-order chi connectivity index (χ0) is 13.4. The lowest BCUT2D eigenvalue weighted by molar-refractivity contribution is 0.102. The van der Waals surface area contributed by atoms with Gasteiger partial charge >= 0.3 is 0 Å². The molecular weight excluding hydrogens is 244 g/mol. The maximum atomic E-state index is 12.2. The lowest BCUT2D eigenvalue weighted by atomic mass is 10.1. The van der Waals surface area contributed by atoms with E-state index in [4.69, 9.17) is 10.2 Å². The number of aryl methyl sites for hydroxylation is 1. The van der Waals surface area contributed by atoms with Crippen LogP contribution < -0.4 is 11.1 Å². The van der Waals surface area contributed by atoms with Crippen LogP contribution in [0, 0.1) is 6.92 Å². The van der Waals surface area contributed by atoms with Gasteiger partial charge in [-0.05, 0) is 13.0 Å². The Morgan fingerprint density at radius 2 is 2.21 bits per heavy atom. The second-order valence-electron chi connectivity index (χ2n) is 4.21. The largest absolute Gasteiger partial charge is 0.463 e. The summed E-state index contributed by atoms with van der Waals surface area (Å²) in [6.45, 7) is 1.78. The lowest BCUT2D eigenvalue weighted by Gasteiger charge is -2.01. The van der Waals surface area contributed by atoms with Crippen LogP contribution >= 0.6 is 0 Å². The van der Waals surface area contributed by atoms with Gasteiger partial charge in [0.25, 0.3) is 5.91 Å². The fraction of sp³-hybridized carbons (Fsp3) is 0.0769. The summed E-state index contributed by atoms with van der Waals surface area (Å²) in [6, 6.07) is 7.33. The first-order valence-electron chi connectivity index (χ1n) is 5.75. The van der Waals surface area contributed by atoms with Crippen molar-refractivity contribution in [2.75, 3.05) is 11.1 Å². The van der Waals surface area contributed by atoms with E-state index in [-0.39, 0.29) is 5.91 Å². The van der Waals surface area contributed by atoms with Gasteiger partial charge in [0.15, 0.2) is 5.82 Å². The smallest absolute Gasteiger partial charge is 0.260 e. The van der Waals surface area contributed by atoms with E-state index in [2.05, 4.69) is 15.5 Å². The first-order chi connectivity index (χ1) is 9.16. The summed E-state index contributed by atoms with van der Waals surface area (Å²) in [5, 5.41) is 10.1. The van der Waals surface area contributed by atoms with Crippen LogP contribution in [0.5, 0.6) is 0 Å². The molecule has 4 N–H and O–H groups in total. The van der Waals surface area contributed by atoms with E-state index in [1.165, 1.54) is 6.26 Å². The van der Waals surface area contributed by atoms with Gasteiger partial charge in [0.1, 0.15) is 11.8 Å². The van der Waals surface area contributed by atoms with Crippen LogP contribution in [0.1, 0.15) is 16.1 Å². The lowest BCUT2D eigenvalue weighted by Crippen LogP contribution is -2.12. The minimum absolute atomic E-state index is 0.303. The van der Waals surface area contributed by atoms with Crippen LogP contribution in [-0.2, 0) is 0 Å². The summed E-state index contributed by atoms with van der Waals surface area (Å²) < 4.78 is 5.32. The Kier molecular flexibility index (Phi) is 2.49. The molecule has 2 heterocycles. The SMILES string of the molecule is Cc1[nH]nc(NC(=O)c2coc3ccccc23)c1N. The number of para-hydroxylation sites is 1. The average molecular weight is 256 g/mol. The number of furan rings is 1. The number of rotatable bonds is 2. The van der Waals surface area contributed by atoms with Gasteiger partial charge < -0.3 is 15.5 Å². The number of hydrogen-bond acceptors (Lipinski definition) is 4. The molecule has 2 aromatic heterocycles. The van der Waals surface area contributed by atoms with Crippen LogP contribution in [0.3, 0.4) is 0 Å². The van der Waals surface area contributed by atoms with Crippen molar-refractivity contribution in [3.63, 3.8) is 0 Å². The molecule has 0 saturated heterocycles. The van der Waals surface area contributed by atoms with Gasteiger partial charge in [-0.3, -0.25) is 9.89 Å². The molecular formula is C13H12N4O2. The number of aromatic amines is 1. The number of carbonyl (C=O) groups is 1. The minimum atomic E-state index is -0.303. The average Bonchev–Trinajstić information content (AvgIpc) is 2.97. The van der Waals surface area contributed by atoms with E-state index < -0.39 is 0 Å². The normalized spacial score (nSPS) is 10.8. The van der Waals surface area contributed by atoms with E-state index in [9.17, 15) is 4.79 Å². The van der Waals surface area contributed by atoms with Crippen molar-refractivity contribution in [3.8, 4) is 0 Å². The molecule has 6 nitrogen and oxygen atoms in total. The molecule has 0 atom stereocenters. The van der Waals surface area contributed by atoms with Crippen LogP contribution in [0.2, 0.25) is 0 Å². The Hall–Kier alpha value is -2.76. The monoisotopic (exact) mass is 256 g/mol. The first kappa shape index (κ1) is 11.3. The Balaban J connectivity index is 1.94. The Bertz CT molecular complexity index is 757. The molecule has 0 unspecified atom stereocenters. The first-order valence-corrected chi connectivity index (χ1v) is 5.75. The van der Waals surface area contributed by atoms with Crippen molar-refractivity contribution >= 4 is 28.4 Å². The molecule has 19 heavy (non-hydrogen) atoms. The molecule has 0 fully saturated rings. The molecule has 0 aliphatic heterocycles. The third-order valence-corrected chi connectivity index (χ3v) is 2.95. The van der Waals surface area contributed by atoms with Crippen molar-refractivity contribution in [3.05, 3.63) is 41.8 Å². The van der Waals surface area contributed by atoms with Gasteiger partial charge in [-0.2, -0.15) is 5.10 Å². The highest BCUT2D eigenvalue weighted by Gasteiger charge is 2.16. The number of nitrogens with one attached hydrogen (secondary N) is 2. The zero-order valence-electron chi connectivity index (χ0n) is 10.2. The van der Waals surface area contributed by atoms with Gasteiger partial charge in [0, 0.05) is 5.39 Å². The molecule has 0 radical (unpaired) electrons. The van der Waals surface area contributed by atoms with E-state index in [1.807, 2.05) is 18.2 Å². The summed E-state index contributed by atoms with van der Waals surface area (Å²) in [6.07, 6.45) is 1.43. The summed E-state index contributed by atoms with van der Waals surface area (Å²) in [5.74, 6) is 0.0240. The van der Waals surface area contributed by atoms with E-state index >= 15 is 0 Å². The third-order valence-electron chi connectivity index (χ3n) is 2.95. The van der Waals surface area contributed by atoms with Crippen molar-refractivity contribution in [1.82, 2.24) is 10.2 Å². The van der Waals surface area contributed by atoms with Crippen molar-refractivity contribution in [2.24, 2.45) is 0 Å². The predicted molar refractivity (Wildman–Crippen MR) is 71.9 cm³/mol. The van der Waals surface area contributed by atoms with E-state index in [0.717, 1.165) is 5.39 Å².